The summed E-state index contributed by atoms with van der Waals surface area (Å²) in [7, 11) is -3.62. The molecule has 0 spiro atoms. The molecule has 0 aromatic heterocycles. The van der Waals surface area contributed by atoms with Crippen molar-refractivity contribution in [2.75, 3.05) is 12.8 Å². The molecule has 0 aliphatic rings. The predicted molar refractivity (Wildman–Crippen MR) is 102 cm³/mol. The summed E-state index contributed by atoms with van der Waals surface area (Å²) in [5.74, 6) is -1.42. The van der Waals surface area contributed by atoms with Crippen molar-refractivity contribution in [3.63, 3.8) is 0 Å². The summed E-state index contributed by atoms with van der Waals surface area (Å²) in [6.07, 6.45) is -0.475. The summed E-state index contributed by atoms with van der Waals surface area (Å²) >= 11 is 0. The van der Waals surface area contributed by atoms with Crippen LogP contribution in [0.25, 0.3) is 0 Å². The second-order valence-corrected chi connectivity index (χ2v) is 8.94. The van der Waals surface area contributed by atoms with Gasteiger partial charge in [-0.15, -0.1) is 0 Å². The molecule has 0 fully saturated rings. The molecule has 28 heavy (non-hydrogen) atoms. The van der Waals surface area contributed by atoms with E-state index < -0.39 is 52.5 Å². The van der Waals surface area contributed by atoms with Crippen molar-refractivity contribution in [3.05, 3.63) is 35.9 Å². The normalized spacial score (nSPS) is 12.7. The number of rotatable bonds is 9. The van der Waals surface area contributed by atoms with Crippen LogP contribution in [0.15, 0.2) is 30.3 Å². The van der Waals surface area contributed by atoms with E-state index in [9.17, 15) is 22.8 Å². The fourth-order valence-corrected chi connectivity index (χ4v) is 2.43. The van der Waals surface area contributed by atoms with Crippen molar-refractivity contribution < 1.29 is 32.3 Å². The fourth-order valence-electron chi connectivity index (χ4n) is 2.03. The largest absolute Gasteiger partial charge is 0.460 e. The van der Waals surface area contributed by atoms with Gasteiger partial charge in [0.15, 0.2) is 5.78 Å². The fraction of sp³-hybridized carbons (Fsp3) is 0.500. The van der Waals surface area contributed by atoms with Crippen molar-refractivity contribution in [1.29, 1.82) is 0 Å². The number of Topliss-reactive ketones (excluding diaryl/α,β-unsaturated/α-hetero) is 1. The third-order valence-electron chi connectivity index (χ3n) is 3.19. The van der Waals surface area contributed by atoms with E-state index in [2.05, 4.69) is 5.32 Å². The molecule has 10 heteroatoms. The number of sulfonamides is 1. The van der Waals surface area contributed by atoms with Crippen LogP contribution in [0, 0.1) is 0 Å². The van der Waals surface area contributed by atoms with E-state index in [1.165, 1.54) is 0 Å². The topological polar surface area (TPSA) is 128 Å². The second-order valence-electron chi connectivity index (χ2n) is 7.11. The van der Waals surface area contributed by atoms with Gasteiger partial charge in [0.2, 0.25) is 10.0 Å². The molecule has 0 radical (unpaired) electrons. The minimum Gasteiger partial charge on any atom is -0.460 e. The molecule has 9 nitrogen and oxygen atoms in total. The minimum absolute atomic E-state index is 0.0262. The SMILES string of the molecule is CC(C)(C)OC(=O)CC(NC(=O)OCc1ccccc1)C(=O)CNS(C)(=O)=O. The van der Waals surface area contributed by atoms with Gasteiger partial charge in [-0.25, -0.2) is 17.9 Å². The number of benzene rings is 1. The third kappa shape index (κ3) is 10.6. The minimum atomic E-state index is -3.62. The number of nitrogens with one attached hydrogen (secondary N) is 2. The number of hydrogen-bond acceptors (Lipinski definition) is 7. The summed E-state index contributed by atoms with van der Waals surface area (Å²) in [6.45, 7) is 4.38. The lowest BCUT2D eigenvalue weighted by molar-refractivity contribution is -0.156. The second kappa shape index (κ2) is 10.2. The molecule has 1 unspecified atom stereocenters. The van der Waals surface area contributed by atoms with Gasteiger partial charge in [0, 0.05) is 0 Å². The Labute approximate surface area is 164 Å². The first-order valence-electron chi connectivity index (χ1n) is 8.52. The molecule has 0 saturated heterocycles. The van der Waals surface area contributed by atoms with Gasteiger partial charge in [-0.3, -0.25) is 9.59 Å². The van der Waals surface area contributed by atoms with Crippen LogP contribution < -0.4 is 10.0 Å². The van der Waals surface area contributed by atoms with E-state index in [0.29, 0.717) is 0 Å². The molecule has 1 aromatic rings. The summed E-state index contributed by atoms with van der Waals surface area (Å²) < 4.78 is 34.6. The average molecular weight is 414 g/mol. The van der Waals surface area contributed by atoms with E-state index in [4.69, 9.17) is 9.47 Å². The van der Waals surface area contributed by atoms with Crippen molar-refractivity contribution in [3.8, 4) is 0 Å². The number of hydrogen-bond donors (Lipinski definition) is 2. The summed E-state index contributed by atoms with van der Waals surface area (Å²) in [4.78, 5) is 36.3. The number of ketones is 1. The van der Waals surface area contributed by atoms with Gasteiger partial charge in [-0.1, -0.05) is 30.3 Å². The zero-order valence-corrected chi connectivity index (χ0v) is 17.2. The molecule has 0 bridgehead atoms. The molecular formula is C18H26N2O7S. The number of esters is 1. The standard InChI is InChI=1S/C18H26N2O7S/c1-18(2,3)27-16(22)10-14(15(21)11-19-28(4,24)25)20-17(23)26-12-13-8-6-5-7-9-13/h5-9,14,19H,10-12H2,1-4H3,(H,20,23). The lowest BCUT2D eigenvalue weighted by Gasteiger charge is -2.22. The summed E-state index contributed by atoms with van der Waals surface area (Å²) in [5.41, 5.74) is -0.0323. The van der Waals surface area contributed by atoms with Crippen LogP contribution in [0.1, 0.15) is 32.8 Å². The van der Waals surface area contributed by atoms with E-state index >= 15 is 0 Å². The zero-order chi connectivity index (χ0) is 21.4. The Bertz CT molecular complexity index is 786. The molecule has 1 rings (SSSR count). The van der Waals surface area contributed by atoms with Gasteiger partial charge in [0.05, 0.1) is 19.2 Å². The Morgan fingerprint density at radius 1 is 1.11 bits per heavy atom. The molecule has 0 aliphatic heterocycles. The van der Waals surface area contributed by atoms with Crippen LogP contribution in [-0.2, 0) is 35.7 Å². The van der Waals surface area contributed by atoms with Crippen molar-refractivity contribution in [2.24, 2.45) is 0 Å². The van der Waals surface area contributed by atoms with Gasteiger partial charge in [-0.05, 0) is 26.3 Å². The lowest BCUT2D eigenvalue weighted by atomic mass is 10.1. The molecule has 1 amide bonds. The highest BCUT2D eigenvalue weighted by molar-refractivity contribution is 7.88. The Morgan fingerprint density at radius 3 is 2.25 bits per heavy atom. The van der Waals surface area contributed by atoms with Crippen molar-refractivity contribution >= 4 is 27.9 Å². The number of amides is 1. The number of alkyl carbamates (subject to hydrolysis) is 1. The monoisotopic (exact) mass is 414 g/mol. The Balaban J connectivity index is 2.73. The molecule has 0 heterocycles. The highest BCUT2D eigenvalue weighted by Crippen LogP contribution is 2.10. The molecule has 0 aliphatic carbocycles. The van der Waals surface area contributed by atoms with E-state index in [1.807, 2.05) is 10.8 Å². The predicted octanol–water partition coefficient (Wildman–Crippen LogP) is 1.13. The van der Waals surface area contributed by atoms with Gasteiger partial charge in [0.1, 0.15) is 18.2 Å². The van der Waals surface area contributed by atoms with Gasteiger partial charge in [-0.2, -0.15) is 0 Å². The smallest absolute Gasteiger partial charge is 0.408 e. The van der Waals surface area contributed by atoms with E-state index in [1.54, 1.807) is 45.0 Å². The first-order chi connectivity index (χ1) is 12.9. The van der Waals surface area contributed by atoms with Crippen LogP contribution >= 0.6 is 0 Å². The molecule has 2 N–H and O–H groups in total. The number of ether oxygens (including phenoxy) is 2. The Hall–Kier alpha value is -2.46. The molecule has 156 valence electrons. The van der Waals surface area contributed by atoms with Crippen LogP contribution in [0.5, 0.6) is 0 Å². The van der Waals surface area contributed by atoms with Gasteiger partial charge < -0.3 is 14.8 Å². The molecule has 1 atom stereocenters. The summed E-state index contributed by atoms with van der Waals surface area (Å²) in [6, 6.07) is 7.59. The van der Waals surface area contributed by atoms with Crippen LogP contribution in [0.2, 0.25) is 0 Å². The van der Waals surface area contributed by atoms with E-state index in [-0.39, 0.29) is 6.61 Å². The van der Waals surface area contributed by atoms with Crippen LogP contribution in [-0.4, -0.2) is 50.7 Å². The maximum atomic E-state index is 12.3. The van der Waals surface area contributed by atoms with Gasteiger partial charge in [0.25, 0.3) is 0 Å². The number of carbonyl (C=O) groups is 3. The maximum absolute atomic E-state index is 12.3. The zero-order valence-electron chi connectivity index (χ0n) is 16.4. The summed E-state index contributed by atoms with van der Waals surface area (Å²) in [5, 5.41) is 2.29. The van der Waals surface area contributed by atoms with Crippen LogP contribution in [0.4, 0.5) is 4.79 Å². The first-order valence-corrected chi connectivity index (χ1v) is 10.4. The Kier molecular flexibility index (Phi) is 8.58. The van der Waals surface area contributed by atoms with Crippen molar-refractivity contribution in [1.82, 2.24) is 10.0 Å². The third-order valence-corrected chi connectivity index (χ3v) is 3.86. The highest BCUT2D eigenvalue weighted by Gasteiger charge is 2.27. The number of carbonyl (C=O) groups excluding carboxylic acids is 3. The Morgan fingerprint density at radius 2 is 1.71 bits per heavy atom. The lowest BCUT2D eigenvalue weighted by Crippen LogP contribution is -2.47. The maximum Gasteiger partial charge on any atom is 0.408 e. The van der Waals surface area contributed by atoms with E-state index in [0.717, 1.165) is 11.8 Å². The van der Waals surface area contributed by atoms with Gasteiger partial charge >= 0.3 is 12.1 Å². The first kappa shape index (κ1) is 23.6. The molecular weight excluding hydrogens is 388 g/mol. The highest BCUT2D eigenvalue weighted by atomic mass is 32.2. The quantitative estimate of drug-likeness (QED) is 0.580. The average Bonchev–Trinajstić information content (AvgIpc) is 2.56. The van der Waals surface area contributed by atoms with Crippen molar-refractivity contribution in [2.45, 2.75) is 45.4 Å². The molecule has 0 saturated carbocycles. The molecule has 1 aromatic carbocycles. The van der Waals surface area contributed by atoms with Crippen LogP contribution in [0.3, 0.4) is 0 Å².